The van der Waals surface area contributed by atoms with E-state index in [0.29, 0.717) is 11.6 Å². The molecule has 8 heteroatoms. The maximum atomic E-state index is 14.3. The highest BCUT2D eigenvalue weighted by molar-refractivity contribution is 8.16. The minimum absolute atomic E-state index is 0.0324. The Hall–Kier alpha value is -1.41. The number of hydrogen-bond acceptors (Lipinski definition) is 4. The second kappa shape index (κ2) is 6.48. The Morgan fingerprint density at radius 1 is 1.38 bits per heavy atom. The standard InChI is InChI=1S/C16H19FN2O3S2/c1-10(2)7-15(20)18-16-19(12-6-4-3-5-11(12)17)13-8-24(21,22)9-14(13)23-16/h3-6,10,13-14H,7-9H2,1-2H3/t13-,14+/m1/s1. The second-order valence-corrected chi connectivity index (χ2v) is 9.87. The van der Waals surface area contributed by atoms with Gasteiger partial charge in [0.2, 0.25) is 5.91 Å². The number of aliphatic imine (C=N–C) groups is 1. The molecule has 0 saturated carbocycles. The number of anilines is 1. The lowest BCUT2D eigenvalue weighted by atomic mass is 10.1. The molecule has 0 unspecified atom stereocenters. The molecule has 0 bridgehead atoms. The molecule has 3 rings (SSSR count). The van der Waals surface area contributed by atoms with Gasteiger partial charge in [0.15, 0.2) is 15.0 Å². The number of benzene rings is 1. The number of carbonyl (C=O) groups is 1. The number of hydrogen-bond donors (Lipinski definition) is 0. The predicted molar refractivity (Wildman–Crippen MR) is 94.6 cm³/mol. The fourth-order valence-electron chi connectivity index (χ4n) is 2.99. The van der Waals surface area contributed by atoms with Gasteiger partial charge in [-0.25, -0.2) is 12.8 Å². The third-order valence-electron chi connectivity index (χ3n) is 3.98. The summed E-state index contributed by atoms with van der Waals surface area (Å²) in [6.07, 6.45) is 0.308. The zero-order valence-corrected chi connectivity index (χ0v) is 15.1. The Morgan fingerprint density at radius 2 is 2.08 bits per heavy atom. The lowest BCUT2D eigenvalue weighted by Gasteiger charge is -2.24. The fourth-order valence-corrected chi connectivity index (χ4v) is 6.92. The lowest BCUT2D eigenvalue weighted by molar-refractivity contribution is -0.118. The second-order valence-electron chi connectivity index (χ2n) is 6.51. The Kier molecular flexibility index (Phi) is 4.70. The molecule has 2 aliphatic rings. The van der Waals surface area contributed by atoms with Gasteiger partial charge < -0.3 is 4.90 Å². The molecule has 130 valence electrons. The van der Waals surface area contributed by atoms with Crippen molar-refractivity contribution in [3.8, 4) is 0 Å². The van der Waals surface area contributed by atoms with Crippen molar-refractivity contribution in [2.75, 3.05) is 16.4 Å². The van der Waals surface area contributed by atoms with E-state index in [1.54, 1.807) is 23.1 Å². The highest BCUT2D eigenvalue weighted by atomic mass is 32.2. The third-order valence-corrected chi connectivity index (χ3v) is 7.19. The summed E-state index contributed by atoms with van der Waals surface area (Å²) in [6, 6.07) is 5.79. The monoisotopic (exact) mass is 370 g/mol. The average Bonchev–Trinajstić information content (AvgIpc) is 2.90. The molecular weight excluding hydrogens is 351 g/mol. The van der Waals surface area contributed by atoms with E-state index in [1.807, 2.05) is 13.8 Å². The summed E-state index contributed by atoms with van der Waals surface area (Å²) in [6.45, 7) is 3.85. The van der Waals surface area contributed by atoms with Gasteiger partial charge in [0, 0.05) is 11.7 Å². The van der Waals surface area contributed by atoms with Gasteiger partial charge in [0.1, 0.15) is 5.82 Å². The molecular formula is C16H19FN2O3S2. The van der Waals surface area contributed by atoms with Crippen LogP contribution in [0.2, 0.25) is 0 Å². The molecule has 2 aliphatic heterocycles. The number of halogens is 1. The van der Waals surface area contributed by atoms with Crippen LogP contribution in [0.15, 0.2) is 29.3 Å². The van der Waals surface area contributed by atoms with Crippen molar-refractivity contribution in [2.24, 2.45) is 10.9 Å². The maximum absolute atomic E-state index is 14.3. The summed E-state index contributed by atoms with van der Waals surface area (Å²) in [5.41, 5.74) is 0.269. The first-order valence-electron chi connectivity index (χ1n) is 7.79. The van der Waals surface area contributed by atoms with Gasteiger partial charge in [0.05, 0.1) is 23.2 Å². The first-order chi connectivity index (χ1) is 11.3. The van der Waals surface area contributed by atoms with E-state index in [1.165, 1.54) is 17.8 Å². The van der Waals surface area contributed by atoms with Crippen LogP contribution < -0.4 is 4.90 Å². The van der Waals surface area contributed by atoms with Gasteiger partial charge in [-0.1, -0.05) is 37.7 Å². The molecule has 0 radical (unpaired) electrons. The van der Waals surface area contributed by atoms with E-state index in [9.17, 15) is 17.6 Å². The van der Waals surface area contributed by atoms with Crippen molar-refractivity contribution in [1.82, 2.24) is 0 Å². The van der Waals surface area contributed by atoms with Crippen molar-refractivity contribution in [1.29, 1.82) is 0 Å². The Balaban J connectivity index is 1.99. The molecule has 1 amide bonds. The molecule has 24 heavy (non-hydrogen) atoms. The highest BCUT2D eigenvalue weighted by Gasteiger charge is 2.49. The molecule has 0 N–H and O–H groups in total. The van der Waals surface area contributed by atoms with Crippen molar-refractivity contribution in [2.45, 2.75) is 31.6 Å². The lowest BCUT2D eigenvalue weighted by Crippen LogP contribution is -2.38. The average molecular weight is 370 g/mol. The maximum Gasteiger partial charge on any atom is 0.248 e. The topological polar surface area (TPSA) is 66.8 Å². The summed E-state index contributed by atoms with van der Waals surface area (Å²) in [5.74, 6) is -0.556. The van der Waals surface area contributed by atoms with E-state index in [4.69, 9.17) is 0 Å². The zero-order chi connectivity index (χ0) is 17.5. The molecule has 0 aliphatic carbocycles. The third kappa shape index (κ3) is 3.49. The molecule has 2 heterocycles. The predicted octanol–water partition coefficient (Wildman–Crippen LogP) is 2.47. The minimum atomic E-state index is -3.16. The Bertz CT molecular complexity index is 792. The van der Waals surface area contributed by atoms with Crippen molar-refractivity contribution in [3.05, 3.63) is 30.1 Å². The highest BCUT2D eigenvalue weighted by Crippen LogP contribution is 2.41. The number of nitrogens with zero attached hydrogens (tertiary/aromatic N) is 2. The summed E-state index contributed by atoms with van der Waals surface area (Å²) >= 11 is 1.26. The molecule has 5 nitrogen and oxygen atoms in total. The molecule has 0 spiro atoms. The number of rotatable bonds is 3. The van der Waals surface area contributed by atoms with Gasteiger partial charge >= 0.3 is 0 Å². The van der Waals surface area contributed by atoms with Crippen LogP contribution in [0.4, 0.5) is 10.1 Å². The van der Waals surface area contributed by atoms with Crippen LogP contribution in [0.5, 0.6) is 0 Å². The number of amides is 1. The van der Waals surface area contributed by atoms with Crippen LogP contribution in [0.3, 0.4) is 0 Å². The smallest absolute Gasteiger partial charge is 0.248 e. The van der Waals surface area contributed by atoms with Crippen LogP contribution >= 0.6 is 11.8 Å². The Labute approximate surface area is 145 Å². The molecule has 2 fully saturated rings. The van der Waals surface area contributed by atoms with Crippen molar-refractivity contribution >= 4 is 38.4 Å². The summed E-state index contributed by atoms with van der Waals surface area (Å²) in [5, 5.41) is 0.177. The molecule has 2 atom stereocenters. The number of para-hydroxylation sites is 1. The van der Waals surface area contributed by atoms with E-state index >= 15 is 0 Å². The molecule has 1 aromatic rings. The molecule has 0 aromatic heterocycles. The number of fused-ring (bicyclic) bond motifs is 1. The van der Waals surface area contributed by atoms with Crippen molar-refractivity contribution in [3.63, 3.8) is 0 Å². The van der Waals surface area contributed by atoms with Crippen LogP contribution in [0, 0.1) is 11.7 Å². The summed E-state index contributed by atoms with van der Waals surface area (Å²) in [7, 11) is -3.16. The fraction of sp³-hybridized carbons (Fsp3) is 0.500. The van der Waals surface area contributed by atoms with Gasteiger partial charge in [-0.3, -0.25) is 4.79 Å². The largest absolute Gasteiger partial charge is 0.313 e. The molecule has 2 saturated heterocycles. The van der Waals surface area contributed by atoms with Gasteiger partial charge in [0.25, 0.3) is 0 Å². The van der Waals surface area contributed by atoms with E-state index < -0.39 is 15.7 Å². The molecule has 1 aromatic carbocycles. The van der Waals surface area contributed by atoms with Crippen LogP contribution in [-0.2, 0) is 14.6 Å². The van der Waals surface area contributed by atoms with Crippen LogP contribution in [0.25, 0.3) is 0 Å². The first-order valence-corrected chi connectivity index (χ1v) is 10.5. The zero-order valence-electron chi connectivity index (χ0n) is 13.5. The van der Waals surface area contributed by atoms with Crippen molar-refractivity contribution < 1.29 is 17.6 Å². The SMILES string of the molecule is CC(C)CC(=O)N=C1S[C@H]2CS(=O)(=O)C[C@H]2N1c1ccccc1F. The quantitative estimate of drug-likeness (QED) is 0.818. The van der Waals surface area contributed by atoms with Crippen LogP contribution in [0.1, 0.15) is 20.3 Å². The number of carbonyl (C=O) groups excluding carboxylic acids is 1. The van der Waals surface area contributed by atoms with Gasteiger partial charge in [-0.2, -0.15) is 4.99 Å². The number of thioether (sulfide) groups is 1. The first kappa shape index (κ1) is 17.4. The summed E-state index contributed by atoms with van der Waals surface area (Å²) in [4.78, 5) is 17.8. The van der Waals surface area contributed by atoms with E-state index in [0.717, 1.165) is 0 Å². The number of amidine groups is 1. The van der Waals surface area contributed by atoms with Gasteiger partial charge in [-0.15, -0.1) is 0 Å². The van der Waals surface area contributed by atoms with Crippen LogP contribution in [-0.4, -0.2) is 42.3 Å². The van der Waals surface area contributed by atoms with E-state index in [-0.39, 0.29) is 40.3 Å². The van der Waals surface area contributed by atoms with E-state index in [2.05, 4.69) is 4.99 Å². The summed E-state index contributed by atoms with van der Waals surface area (Å²) < 4.78 is 38.2. The number of sulfone groups is 1. The Morgan fingerprint density at radius 3 is 2.75 bits per heavy atom. The normalized spacial score (nSPS) is 27.0. The van der Waals surface area contributed by atoms with Gasteiger partial charge in [-0.05, 0) is 18.1 Å². The minimum Gasteiger partial charge on any atom is -0.313 e.